The summed E-state index contributed by atoms with van der Waals surface area (Å²) in [5.74, 6) is 2.01. The van der Waals surface area contributed by atoms with Crippen LogP contribution in [0.15, 0.2) is 54.6 Å². The molecule has 4 aromatic rings. The van der Waals surface area contributed by atoms with E-state index in [2.05, 4.69) is 25.9 Å². The molecule has 5 rings (SSSR count). The lowest BCUT2D eigenvalue weighted by Crippen LogP contribution is -2.14. The summed E-state index contributed by atoms with van der Waals surface area (Å²) >= 11 is 0. The van der Waals surface area contributed by atoms with Crippen molar-refractivity contribution in [3.63, 3.8) is 0 Å². The van der Waals surface area contributed by atoms with Gasteiger partial charge in [0.05, 0.1) is 0 Å². The quantitative estimate of drug-likeness (QED) is 0.461. The van der Waals surface area contributed by atoms with E-state index in [0.29, 0.717) is 35.9 Å². The summed E-state index contributed by atoms with van der Waals surface area (Å²) in [6, 6.07) is 15.1. The van der Waals surface area contributed by atoms with Gasteiger partial charge in [-0.1, -0.05) is 12.1 Å². The molecule has 2 aromatic carbocycles. The van der Waals surface area contributed by atoms with Crippen LogP contribution in [0.2, 0.25) is 0 Å². The number of rotatable bonds is 7. The van der Waals surface area contributed by atoms with Crippen molar-refractivity contribution >= 4 is 23.1 Å². The van der Waals surface area contributed by atoms with Gasteiger partial charge in [-0.15, -0.1) is 15.3 Å². The number of hydrogen-bond acceptors (Lipinski definition) is 7. The number of hydrogen-bond donors (Lipinski definition) is 2. The van der Waals surface area contributed by atoms with Gasteiger partial charge in [-0.05, 0) is 48.0 Å². The molecular weight excluding hydrogens is 415 g/mol. The number of amides is 1. The number of anilines is 2. The number of carbonyl (C=O) groups excluding carboxylic acids is 1. The maximum Gasteiger partial charge on any atom is 0.231 e. The van der Waals surface area contributed by atoms with Crippen LogP contribution in [-0.2, 0) is 17.8 Å². The third-order valence-electron chi connectivity index (χ3n) is 4.92. The van der Waals surface area contributed by atoms with E-state index >= 15 is 0 Å². The summed E-state index contributed by atoms with van der Waals surface area (Å²) in [5, 5.41) is 18.7. The van der Waals surface area contributed by atoms with Crippen molar-refractivity contribution in [1.29, 1.82) is 0 Å². The zero-order chi connectivity index (χ0) is 21.9. The predicted molar refractivity (Wildman–Crippen MR) is 114 cm³/mol. The van der Waals surface area contributed by atoms with Crippen LogP contribution in [0.3, 0.4) is 0 Å². The van der Waals surface area contributed by atoms with Crippen molar-refractivity contribution in [2.75, 3.05) is 17.4 Å². The van der Waals surface area contributed by atoms with Crippen LogP contribution in [0.5, 0.6) is 11.5 Å². The molecule has 0 atom stereocenters. The summed E-state index contributed by atoms with van der Waals surface area (Å²) in [5.41, 5.74) is 2.02. The lowest BCUT2D eigenvalue weighted by molar-refractivity contribution is -0.116. The minimum absolute atomic E-state index is 0.161. The molecule has 0 saturated carbocycles. The van der Waals surface area contributed by atoms with Crippen LogP contribution in [0, 0.1) is 5.82 Å². The zero-order valence-corrected chi connectivity index (χ0v) is 16.9. The van der Waals surface area contributed by atoms with Gasteiger partial charge in [-0.3, -0.25) is 4.79 Å². The number of fused-ring (bicyclic) bond motifs is 2. The van der Waals surface area contributed by atoms with Crippen LogP contribution in [0.25, 0.3) is 5.65 Å². The fourth-order valence-corrected chi connectivity index (χ4v) is 3.34. The number of benzene rings is 2. The Kier molecular flexibility index (Phi) is 5.24. The van der Waals surface area contributed by atoms with E-state index in [1.165, 1.54) is 12.1 Å². The Hall–Kier alpha value is -4.21. The third-order valence-corrected chi connectivity index (χ3v) is 4.92. The molecule has 162 valence electrons. The molecule has 0 bridgehead atoms. The van der Waals surface area contributed by atoms with Gasteiger partial charge in [-0.2, -0.15) is 4.52 Å². The Labute approximate surface area is 182 Å². The Morgan fingerprint density at radius 1 is 1.06 bits per heavy atom. The third kappa shape index (κ3) is 4.29. The lowest BCUT2D eigenvalue weighted by Gasteiger charge is -2.08. The first-order chi connectivity index (χ1) is 15.6. The molecule has 0 aliphatic carbocycles. The maximum atomic E-state index is 13.3. The highest BCUT2D eigenvalue weighted by atomic mass is 19.1. The molecule has 1 amide bonds. The van der Waals surface area contributed by atoms with E-state index in [1.807, 2.05) is 24.3 Å². The van der Waals surface area contributed by atoms with Crippen molar-refractivity contribution in [3.05, 3.63) is 71.8 Å². The highest BCUT2D eigenvalue weighted by Gasteiger charge is 2.14. The van der Waals surface area contributed by atoms with Gasteiger partial charge in [0.15, 0.2) is 23.0 Å². The number of aromatic nitrogens is 4. The molecule has 2 aromatic heterocycles. The molecule has 3 heterocycles. The average molecular weight is 434 g/mol. The summed E-state index contributed by atoms with van der Waals surface area (Å²) in [4.78, 5) is 12.2. The van der Waals surface area contributed by atoms with E-state index in [-0.39, 0.29) is 19.1 Å². The highest BCUT2D eigenvalue weighted by Crippen LogP contribution is 2.32. The van der Waals surface area contributed by atoms with Crippen molar-refractivity contribution in [1.82, 2.24) is 19.8 Å². The molecule has 10 heteroatoms. The van der Waals surface area contributed by atoms with E-state index in [0.717, 1.165) is 17.1 Å². The molecule has 1 aliphatic heterocycles. The Morgan fingerprint density at radius 3 is 2.88 bits per heavy atom. The molecule has 2 N–H and O–H groups in total. The number of carbonyl (C=O) groups is 1. The van der Waals surface area contributed by atoms with Gasteiger partial charge >= 0.3 is 0 Å². The Morgan fingerprint density at radius 2 is 1.97 bits per heavy atom. The second-order valence-electron chi connectivity index (χ2n) is 7.20. The molecule has 9 nitrogen and oxygen atoms in total. The first kappa shape index (κ1) is 19.7. The Balaban J connectivity index is 1.23. The van der Waals surface area contributed by atoms with Gasteiger partial charge in [0.2, 0.25) is 12.7 Å². The fraction of sp³-hybridized carbons (Fsp3) is 0.182. The van der Waals surface area contributed by atoms with Crippen molar-refractivity contribution in [2.45, 2.75) is 19.4 Å². The largest absolute Gasteiger partial charge is 0.454 e. The lowest BCUT2D eigenvalue weighted by atomic mass is 10.2. The van der Waals surface area contributed by atoms with Crippen LogP contribution in [0.1, 0.15) is 17.8 Å². The second kappa shape index (κ2) is 8.50. The maximum absolute atomic E-state index is 13.3. The predicted octanol–water partition coefficient (Wildman–Crippen LogP) is 3.18. The minimum atomic E-state index is -0.406. The average Bonchev–Trinajstić information content (AvgIpc) is 3.42. The molecular formula is C22H19FN6O3. The number of nitrogens with one attached hydrogen (secondary N) is 2. The number of nitrogens with zero attached hydrogens (tertiary/aromatic N) is 4. The molecule has 32 heavy (non-hydrogen) atoms. The molecule has 0 unspecified atom stereocenters. The van der Waals surface area contributed by atoms with Crippen molar-refractivity contribution in [2.24, 2.45) is 0 Å². The van der Waals surface area contributed by atoms with Crippen LogP contribution >= 0.6 is 0 Å². The van der Waals surface area contributed by atoms with Gasteiger partial charge in [0.25, 0.3) is 0 Å². The topological polar surface area (TPSA) is 103 Å². The molecule has 0 fully saturated rings. The molecule has 0 spiro atoms. The summed E-state index contributed by atoms with van der Waals surface area (Å²) in [6.45, 7) is 0.781. The van der Waals surface area contributed by atoms with E-state index in [9.17, 15) is 9.18 Å². The van der Waals surface area contributed by atoms with Crippen LogP contribution in [0.4, 0.5) is 15.9 Å². The van der Waals surface area contributed by atoms with Crippen molar-refractivity contribution < 1.29 is 18.7 Å². The first-order valence-electron chi connectivity index (χ1n) is 10.0. The van der Waals surface area contributed by atoms with Crippen LogP contribution in [-0.4, -0.2) is 32.5 Å². The molecule has 0 saturated heterocycles. The minimum Gasteiger partial charge on any atom is -0.454 e. The second-order valence-corrected chi connectivity index (χ2v) is 7.20. The van der Waals surface area contributed by atoms with Gasteiger partial charge in [0, 0.05) is 25.1 Å². The van der Waals surface area contributed by atoms with Gasteiger partial charge in [-0.25, -0.2) is 4.39 Å². The van der Waals surface area contributed by atoms with Gasteiger partial charge < -0.3 is 20.1 Å². The van der Waals surface area contributed by atoms with Crippen LogP contribution < -0.4 is 20.1 Å². The number of ether oxygens (including phenoxy) is 2. The van der Waals surface area contributed by atoms with Crippen molar-refractivity contribution in [3.8, 4) is 11.5 Å². The molecule has 1 aliphatic rings. The highest BCUT2D eigenvalue weighted by molar-refractivity contribution is 5.90. The Bertz CT molecular complexity index is 1290. The summed E-state index contributed by atoms with van der Waals surface area (Å²) in [6.07, 6.45) is 0.495. The van der Waals surface area contributed by atoms with Gasteiger partial charge in [0.1, 0.15) is 11.6 Å². The normalized spacial score (nSPS) is 12.2. The van der Waals surface area contributed by atoms with E-state index < -0.39 is 5.82 Å². The summed E-state index contributed by atoms with van der Waals surface area (Å²) < 4.78 is 25.6. The number of halogens is 1. The number of aryl methyl sites for hydroxylation is 1. The standard InChI is InChI=1S/C22H19FN6O3/c23-15-2-1-3-16(11-15)25-22(30)9-8-21-27-26-20-7-6-19(28-29(20)21)24-12-14-4-5-17-18(10-14)32-13-31-17/h1-7,10-11H,8-9,12-13H2,(H,24,28)(H,25,30). The zero-order valence-electron chi connectivity index (χ0n) is 16.9. The smallest absolute Gasteiger partial charge is 0.231 e. The summed E-state index contributed by atoms with van der Waals surface area (Å²) in [7, 11) is 0. The first-order valence-corrected chi connectivity index (χ1v) is 10.0. The molecule has 0 radical (unpaired) electrons. The van der Waals surface area contributed by atoms with E-state index in [4.69, 9.17) is 9.47 Å². The monoisotopic (exact) mass is 434 g/mol. The fourth-order valence-electron chi connectivity index (χ4n) is 3.34. The van der Waals surface area contributed by atoms with E-state index in [1.54, 1.807) is 22.7 Å². The SMILES string of the molecule is O=C(CCc1nnc2ccc(NCc3ccc4c(c3)OCO4)nn12)Nc1cccc(F)c1.